The standard InChI is InChI=1S/C11H16Cl2N4O/c1-11(18)2-4-17(5-3-11)10-8(13)6-7(12)9(15-10)16-14/h6,18H,2-5,14H2,1H3,(H,15,16). The van der Waals surface area contributed by atoms with E-state index in [0.29, 0.717) is 47.6 Å². The highest BCUT2D eigenvalue weighted by atomic mass is 35.5. The van der Waals surface area contributed by atoms with Crippen LogP contribution >= 0.6 is 23.2 Å². The first kappa shape index (κ1) is 13.7. The largest absolute Gasteiger partial charge is 0.390 e. The maximum Gasteiger partial charge on any atom is 0.161 e. The van der Waals surface area contributed by atoms with E-state index in [9.17, 15) is 5.11 Å². The van der Waals surface area contributed by atoms with Crippen LogP contribution in [0.3, 0.4) is 0 Å². The van der Waals surface area contributed by atoms with Crippen molar-refractivity contribution in [1.29, 1.82) is 0 Å². The lowest BCUT2D eigenvalue weighted by Gasteiger charge is -2.36. The van der Waals surface area contributed by atoms with Crippen molar-refractivity contribution in [2.24, 2.45) is 5.84 Å². The lowest BCUT2D eigenvalue weighted by molar-refractivity contribution is 0.0350. The number of nitrogens with zero attached hydrogens (tertiary/aromatic N) is 2. The smallest absolute Gasteiger partial charge is 0.161 e. The van der Waals surface area contributed by atoms with E-state index >= 15 is 0 Å². The molecule has 1 saturated heterocycles. The second-order valence-electron chi connectivity index (χ2n) is 4.75. The van der Waals surface area contributed by atoms with Crippen LogP contribution in [0.25, 0.3) is 0 Å². The highest BCUT2D eigenvalue weighted by molar-refractivity contribution is 6.37. The van der Waals surface area contributed by atoms with Crippen molar-refractivity contribution in [3.05, 3.63) is 16.1 Å². The van der Waals surface area contributed by atoms with Gasteiger partial charge in [0.1, 0.15) is 5.82 Å². The maximum atomic E-state index is 9.92. The number of hydrazine groups is 1. The zero-order valence-electron chi connectivity index (χ0n) is 10.1. The van der Waals surface area contributed by atoms with E-state index in [1.54, 1.807) is 6.07 Å². The summed E-state index contributed by atoms with van der Waals surface area (Å²) in [6.45, 7) is 3.24. The van der Waals surface area contributed by atoms with Crippen molar-refractivity contribution >= 4 is 34.8 Å². The Morgan fingerprint density at radius 3 is 2.56 bits per heavy atom. The molecule has 0 spiro atoms. The second kappa shape index (κ2) is 5.09. The van der Waals surface area contributed by atoms with Gasteiger partial charge in [0.2, 0.25) is 0 Å². The minimum atomic E-state index is -0.607. The topological polar surface area (TPSA) is 74.4 Å². The highest BCUT2D eigenvalue weighted by Gasteiger charge is 2.29. The van der Waals surface area contributed by atoms with Crippen LogP contribution in [0.4, 0.5) is 11.6 Å². The Morgan fingerprint density at radius 1 is 1.39 bits per heavy atom. The van der Waals surface area contributed by atoms with E-state index in [-0.39, 0.29) is 0 Å². The summed E-state index contributed by atoms with van der Waals surface area (Å²) in [5, 5.41) is 10.8. The van der Waals surface area contributed by atoms with E-state index in [4.69, 9.17) is 29.0 Å². The van der Waals surface area contributed by atoms with Crippen molar-refractivity contribution in [2.75, 3.05) is 23.4 Å². The zero-order valence-corrected chi connectivity index (χ0v) is 11.6. The summed E-state index contributed by atoms with van der Waals surface area (Å²) >= 11 is 12.1. The van der Waals surface area contributed by atoms with Gasteiger partial charge in [-0.15, -0.1) is 0 Å². The number of pyridine rings is 1. The molecule has 1 aliphatic rings. The van der Waals surface area contributed by atoms with Crippen molar-refractivity contribution in [3.8, 4) is 0 Å². The molecule has 18 heavy (non-hydrogen) atoms. The number of aromatic nitrogens is 1. The van der Waals surface area contributed by atoms with Crippen LogP contribution < -0.4 is 16.2 Å². The maximum absolute atomic E-state index is 9.92. The molecule has 0 aromatic carbocycles. The fourth-order valence-electron chi connectivity index (χ4n) is 1.98. The molecule has 0 atom stereocenters. The molecule has 0 radical (unpaired) electrons. The number of anilines is 2. The minimum Gasteiger partial charge on any atom is -0.390 e. The number of piperidine rings is 1. The Hall–Kier alpha value is -0.750. The van der Waals surface area contributed by atoms with Gasteiger partial charge in [-0.05, 0) is 25.8 Å². The van der Waals surface area contributed by atoms with Gasteiger partial charge < -0.3 is 15.4 Å². The van der Waals surface area contributed by atoms with Gasteiger partial charge in [-0.25, -0.2) is 10.8 Å². The molecule has 1 fully saturated rings. The summed E-state index contributed by atoms with van der Waals surface area (Å²) in [5.41, 5.74) is 1.83. The van der Waals surface area contributed by atoms with E-state index < -0.39 is 5.60 Å². The van der Waals surface area contributed by atoms with Crippen LogP contribution in [0.2, 0.25) is 10.0 Å². The van der Waals surface area contributed by atoms with Gasteiger partial charge >= 0.3 is 0 Å². The van der Waals surface area contributed by atoms with Crippen molar-refractivity contribution in [2.45, 2.75) is 25.4 Å². The highest BCUT2D eigenvalue weighted by Crippen LogP contribution is 2.33. The number of rotatable bonds is 2. The predicted octanol–water partition coefficient (Wildman–Crippen LogP) is 2.03. The normalized spacial score (nSPS) is 18.8. The Kier molecular flexibility index (Phi) is 3.87. The zero-order chi connectivity index (χ0) is 13.3. The molecule has 2 heterocycles. The lowest BCUT2D eigenvalue weighted by atomic mass is 9.94. The third-order valence-corrected chi connectivity index (χ3v) is 3.75. The molecular formula is C11H16Cl2N4O. The molecule has 0 unspecified atom stereocenters. The second-order valence-corrected chi connectivity index (χ2v) is 5.57. The van der Waals surface area contributed by atoms with E-state index in [1.165, 1.54) is 0 Å². The van der Waals surface area contributed by atoms with E-state index in [2.05, 4.69) is 10.4 Å². The quantitative estimate of drug-likeness (QED) is 0.574. The summed E-state index contributed by atoms with van der Waals surface area (Å²) in [7, 11) is 0. The molecule has 100 valence electrons. The average molecular weight is 291 g/mol. The van der Waals surface area contributed by atoms with Crippen LogP contribution in [-0.2, 0) is 0 Å². The molecule has 1 aromatic rings. The van der Waals surface area contributed by atoms with E-state index in [0.717, 1.165) is 0 Å². The van der Waals surface area contributed by atoms with Crippen LogP contribution in [0.1, 0.15) is 19.8 Å². The number of aliphatic hydroxyl groups is 1. The SMILES string of the molecule is CC1(O)CCN(c2nc(NN)c(Cl)cc2Cl)CC1. The molecule has 0 aliphatic carbocycles. The monoisotopic (exact) mass is 290 g/mol. The molecule has 2 rings (SSSR count). The first-order chi connectivity index (χ1) is 8.43. The van der Waals surface area contributed by atoms with Gasteiger partial charge in [-0.2, -0.15) is 0 Å². The summed E-state index contributed by atoms with van der Waals surface area (Å²) in [5.74, 6) is 6.38. The Morgan fingerprint density at radius 2 is 2.00 bits per heavy atom. The van der Waals surface area contributed by atoms with Crippen LogP contribution in [-0.4, -0.2) is 28.8 Å². The molecular weight excluding hydrogens is 275 g/mol. The molecule has 5 nitrogen and oxygen atoms in total. The summed E-state index contributed by atoms with van der Waals surface area (Å²) < 4.78 is 0. The van der Waals surface area contributed by atoms with Crippen LogP contribution in [0, 0.1) is 0 Å². The molecule has 1 aliphatic heterocycles. The molecule has 7 heteroatoms. The number of nitrogens with one attached hydrogen (secondary N) is 1. The summed E-state index contributed by atoms with van der Waals surface area (Å²) in [6.07, 6.45) is 1.36. The number of hydrogen-bond acceptors (Lipinski definition) is 5. The Bertz CT molecular complexity index is 443. The molecule has 0 saturated carbocycles. The van der Waals surface area contributed by atoms with Crippen molar-refractivity contribution < 1.29 is 5.11 Å². The third-order valence-electron chi connectivity index (χ3n) is 3.19. The number of hydrogen-bond donors (Lipinski definition) is 3. The van der Waals surface area contributed by atoms with Gasteiger partial charge in [0.15, 0.2) is 5.82 Å². The first-order valence-corrected chi connectivity index (χ1v) is 6.48. The molecule has 1 aromatic heterocycles. The van der Waals surface area contributed by atoms with E-state index in [1.807, 2.05) is 11.8 Å². The van der Waals surface area contributed by atoms with Gasteiger partial charge in [-0.1, -0.05) is 23.2 Å². The predicted molar refractivity (Wildman–Crippen MR) is 74.1 cm³/mol. The average Bonchev–Trinajstić information content (AvgIpc) is 2.30. The number of nitrogen functional groups attached to an aromatic ring is 1. The fraction of sp³-hybridized carbons (Fsp3) is 0.545. The molecule has 4 N–H and O–H groups in total. The van der Waals surface area contributed by atoms with Gasteiger partial charge in [0.05, 0.1) is 15.6 Å². The molecule has 0 bridgehead atoms. The van der Waals surface area contributed by atoms with Gasteiger partial charge in [0.25, 0.3) is 0 Å². The minimum absolute atomic E-state index is 0.384. The van der Waals surface area contributed by atoms with Crippen molar-refractivity contribution in [1.82, 2.24) is 4.98 Å². The summed E-state index contributed by atoms with van der Waals surface area (Å²) in [6, 6.07) is 1.62. The molecule has 0 amide bonds. The van der Waals surface area contributed by atoms with Crippen molar-refractivity contribution in [3.63, 3.8) is 0 Å². The Balaban J connectivity index is 2.24. The third kappa shape index (κ3) is 2.80. The van der Waals surface area contributed by atoms with Crippen LogP contribution in [0.15, 0.2) is 6.07 Å². The van der Waals surface area contributed by atoms with Gasteiger partial charge in [0, 0.05) is 13.1 Å². The fourth-order valence-corrected chi connectivity index (χ4v) is 2.51. The first-order valence-electron chi connectivity index (χ1n) is 5.73. The summed E-state index contributed by atoms with van der Waals surface area (Å²) in [4.78, 5) is 6.33. The van der Waals surface area contributed by atoms with Gasteiger partial charge in [-0.3, -0.25) is 0 Å². The number of nitrogens with two attached hydrogens (primary N) is 1. The lowest BCUT2D eigenvalue weighted by Crippen LogP contribution is -2.43. The van der Waals surface area contributed by atoms with Crippen LogP contribution in [0.5, 0.6) is 0 Å². The number of halogens is 2. The Labute approximate surface area is 116 Å².